The number of nitrogens with one attached hydrogen (secondary N) is 1. The van der Waals surface area contributed by atoms with Gasteiger partial charge in [0, 0.05) is 24.3 Å². The van der Waals surface area contributed by atoms with E-state index in [-0.39, 0.29) is 17.5 Å². The van der Waals surface area contributed by atoms with Crippen molar-refractivity contribution >= 4 is 29.0 Å². The Hall–Kier alpha value is -3.46. The molecular weight excluding hydrogens is 445 g/mol. The van der Waals surface area contributed by atoms with Crippen LogP contribution in [0, 0.1) is 12.7 Å². The lowest BCUT2D eigenvalue weighted by atomic mass is 10.0. The van der Waals surface area contributed by atoms with Gasteiger partial charge in [0.1, 0.15) is 23.2 Å². The number of anilines is 2. The van der Waals surface area contributed by atoms with Gasteiger partial charge in [-0.25, -0.2) is 9.37 Å². The molecule has 1 aromatic heterocycles. The lowest BCUT2D eigenvalue weighted by Gasteiger charge is -2.32. The SMILES string of the molecule is Cc1ccc(Nc2c(-c3ccc(Cl)c(F)c3)nc3n2CCN(C(=O)C(C)(C)N=NN)C3)cc1. The molecule has 0 unspecified atom stereocenters. The van der Waals surface area contributed by atoms with E-state index in [1.165, 1.54) is 12.1 Å². The smallest absolute Gasteiger partial charge is 0.252 e. The number of carbonyl (C=O) groups is 1. The van der Waals surface area contributed by atoms with Crippen LogP contribution in [0.3, 0.4) is 0 Å². The van der Waals surface area contributed by atoms with E-state index in [2.05, 4.69) is 15.7 Å². The third-order valence-electron chi connectivity index (χ3n) is 5.60. The molecule has 0 spiro atoms. The molecule has 0 fully saturated rings. The molecule has 10 heteroatoms. The normalized spacial score (nSPS) is 13.9. The molecule has 2 aromatic carbocycles. The van der Waals surface area contributed by atoms with Crippen LogP contribution in [-0.2, 0) is 17.9 Å². The van der Waals surface area contributed by atoms with Gasteiger partial charge < -0.3 is 20.6 Å². The summed E-state index contributed by atoms with van der Waals surface area (Å²) in [5.74, 6) is 5.86. The maximum absolute atomic E-state index is 14.3. The third kappa shape index (κ3) is 4.54. The zero-order valence-corrected chi connectivity index (χ0v) is 19.4. The fourth-order valence-electron chi connectivity index (χ4n) is 3.82. The zero-order valence-electron chi connectivity index (χ0n) is 18.6. The van der Waals surface area contributed by atoms with Crippen molar-refractivity contribution in [3.8, 4) is 11.3 Å². The van der Waals surface area contributed by atoms with Crippen LogP contribution in [0.1, 0.15) is 25.2 Å². The number of amides is 1. The van der Waals surface area contributed by atoms with E-state index >= 15 is 0 Å². The van der Waals surface area contributed by atoms with Crippen molar-refractivity contribution in [1.82, 2.24) is 14.5 Å². The summed E-state index contributed by atoms with van der Waals surface area (Å²) >= 11 is 5.89. The quantitative estimate of drug-likeness (QED) is 0.317. The first kappa shape index (κ1) is 22.7. The molecule has 1 aliphatic heterocycles. The van der Waals surface area contributed by atoms with Crippen LogP contribution in [0.5, 0.6) is 0 Å². The summed E-state index contributed by atoms with van der Waals surface area (Å²) in [5, 5.41) is 10.6. The molecular formula is C23H25ClFN7O. The highest BCUT2D eigenvalue weighted by Crippen LogP contribution is 2.35. The minimum Gasteiger partial charge on any atom is -0.340 e. The molecule has 0 saturated heterocycles. The van der Waals surface area contributed by atoms with Crippen molar-refractivity contribution in [1.29, 1.82) is 0 Å². The Morgan fingerprint density at radius 1 is 1.21 bits per heavy atom. The molecule has 0 aliphatic carbocycles. The lowest BCUT2D eigenvalue weighted by Crippen LogP contribution is -2.47. The summed E-state index contributed by atoms with van der Waals surface area (Å²) in [4.78, 5) is 19.4. The van der Waals surface area contributed by atoms with E-state index in [1.807, 2.05) is 35.8 Å². The van der Waals surface area contributed by atoms with E-state index in [0.29, 0.717) is 30.2 Å². The second-order valence-corrected chi connectivity index (χ2v) is 8.91. The van der Waals surface area contributed by atoms with Crippen molar-refractivity contribution in [2.45, 2.75) is 39.4 Å². The maximum atomic E-state index is 14.3. The van der Waals surface area contributed by atoms with Gasteiger partial charge in [-0.3, -0.25) is 4.79 Å². The number of rotatable bonds is 5. The number of aromatic nitrogens is 2. The number of hydrogen-bond donors (Lipinski definition) is 2. The Labute approximate surface area is 196 Å². The highest BCUT2D eigenvalue weighted by molar-refractivity contribution is 6.30. The Morgan fingerprint density at radius 3 is 2.61 bits per heavy atom. The van der Waals surface area contributed by atoms with Gasteiger partial charge in [0.2, 0.25) is 0 Å². The molecule has 0 atom stereocenters. The first-order chi connectivity index (χ1) is 15.7. The van der Waals surface area contributed by atoms with Gasteiger partial charge in [-0.05, 0) is 45.0 Å². The second-order valence-electron chi connectivity index (χ2n) is 8.50. The van der Waals surface area contributed by atoms with E-state index in [9.17, 15) is 9.18 Å². The van der Waals surface area contributed by atoms with Crippen molar-refractivity contribution in [3.05, 3.63) is 64.7 Å². The predicted octanol–water partition coefficient (Wildman–Crippen LogP) is 4.84. The van der Waals surface area contributed by atoms with Crippen molar-refractivity contribution in [3.63, 3.8) is 0 Å². The number of nitrogens with two attached hydrogens (primary N) is 1. The van der Waals surface area contributed by atoms with E-state index in [4.69, 9.17) is 22.4 Å². The first-order valence-corrected chi connectivity index (χ1v) is 10.9. The summed E-state index contributed by atoms with van der Waals surface area (Å²) in [7, 11) is 0. The molecule has 1 amide bonds. The Morgan fingerprint density at radius 2 is 1.94 bits per heavy atom. The molecule has 8 nitrogen and oxygen atoms in total. The first-order valence-electron chi connectivity index (χ1n) is 10.5. The fraction of sp³-hybridized carbons (Fsp3) is 0.304. The molecule has 0 radical (unpaired) electrons. The van der Waals surface area contributed by atoms with Gasteiger partial charge >= 0.3 is 0 Å². The van der Waals surface area contributed by atoms with Gasteiger partial charge in [0.05, 0.1) is 11.6 Å². The monoisotopic (exact) mass is 469 g/mol. The molecule has 4 rings (SSSR count). The van der Waals surface area contributed by atoms with E-state index in [1.54, 1.807) is 24.8 Å². The van der Waals surface area contributed by atoms with Crippen molar-refractivity contribution < 1.29 is 9.18 Å². The third-order valence-corrected chi connectivity index (χ3v) is 5.90. The average molecular weight is 470 g/mol. The zero-order chi connectivity index (χ0) is 23.8. The minimum atomic E-state index is -1.07. The number of aryl methyl sites for hydroxylation is 1. The Kier molecular flexibility index (Phi) is 6.07. The number of hydrogen-bond acceptors (Lipinski definition) is 5. The van der Waals surface area contributed by atoms with Gasteiger partial charge in [-0.1, -0.05) is 40.6 Å². The number of benzene rings is 2. The highest BCUT2D eigenvalue weighted by atomic mass is 35.5. The second kappa shape index (κ2) is 8.82. The summed E-state index contributed by atoms with van der Waals surface area (Å²) in [6.45, 7) is 6.60. The van der Waals surface area contributed by atoms with Crippen LogP contribution < -0.4 is 11.2 Å². The number of carbonyl (C=O) groups excluding carboxylic acids is 1. The largest absolute Gasteiger partial charge is 0.340 e. The molecule has 0 saturated carbocycles. The summed E-state index contributed by atoms with van der Waals surface area (Å²) in [6, 6.07) is 12.6. The van der Waals surface area contributed by atoms with E-state index < -0.39 is 11.4 Å². The van der Waals surface area contributed by atoms with E-state index in [0.717, 1.165) is 17.1 Å². The number of imidazole rings is 1. The van der Waals surface area contributed by atoms with Crippen LogP contribution in [0.4, 0.5) is 15.9 Å². The van der Waals surface area contributed by atoms with Gasteiger partial charge in [-0.2, -0.15) is 5.11 Å². The average Bonchev–Trinajstić information content (AvgIpc) is 3.14. The molecule has 3 aromatic rings. The summed E-state index contributed by atoms with van der Waals surface area (Å²) in [6.07, 6.45) is 0. The maximum Gasteiger partial charge on any atom is 0.252 e. The molecule has 3 N–H and O–H groups in total. The van der Waals surface area contributed by atoms with Crippen LogP contribution in [0.25, 0.3) is 11.3 Å². The van der Waals surface area contributed by atoms with Crippen LogP contribution in [0.15, 0.2) is 52.8 Å². The molecule has 172 valence electrons. The molecule has 1 aliphatic rings. The van der Waals surface area contributed by atoms with Gasteiger partial charge in [0.15, 0.2) is 5.54 Å². The van der Waals surface area contributed by atoms with Crippen LogP contribution in [0.2, 0.25) is 5.02 Å². The standard InChI is InChI=1S/C23H25ClFN7O/c1-14-4-7-16(8-5-14)27-21-20(15-6-9-17(24)18(25)12-15)28-19-13-31(10-11-32(19)21)22(33)23(2,3)29-30-26/h4-9,12,27H,10-11,13H2,1-3H3,(H2,26,29). The minimum absolute atomic E-state index is 0.0452. The van der Waals surface area contributed by atoms with Gasteiger partial charge in [-0.15, -0.1) is 0 Å². The van der Waals surface area contributed by atoms with Crippen LogP contribution in [-0.4, -0.2) is 32.4 Å². The summed E-state index contributed by atoms with van der Waals surface area (Å²) < 4.78 is 16.3. The molecule has 33 heavy (non-hydrogen) atoms. The number of halogens is 2. The molecule has 0 bridgehead atoms. The Bertz CT molecular complexity index is 1220. The Balaban J connectivity index is 1.74. The van der Waals surface area contributed by atoms with Crippen LogP contribution >= 0.6 is 11.6 Å². The van der Waals surface area contributed by atoms with Crippen molar-refractivity contribution in [2.75, 3.05) is 11.9 Å². The topological polar surface area (TPSA) is 101 Å². The fourth-order valence-corrected chi connectivity index (χ4v) is 3.94. The molecule has 2 heterocycles. The van der Waals surface area contributed by atoms with Crippen molar-refractivity contribution in [2.24, 2.45) is 16.2 Å². The predicted molar refractivity (Wildman–Crippen MR) is 126 cm³/mol. The number of nitrogens with zero attached hydrogens (tertiary/aromatic N) is 5. The highest BCUT2D eigenvalue weighted by Gasteiger charge is 2.35. The van der Waals surface area contributed by atoms with Gasteiger partial charge in [0.25, 0.3) is 5.91 Å². The summed E-state index contributed by atoms with van der Waals surface area (Å²) in [5.41, 5.74) is 2.11. The number of fused-ring (bicyclic) bond motifs is 1. The lowest BCUT2D eigenvalue weighted by molar-refractivity contribution is -0.137.